The average Bonchev–Trinajstić information content (AvgIpc) is 2.81. The van der Waals surface area contributed by atoms with Crippen molar-refractivity contribution in [3.05, 3.63) is 35.4 Å². The first-order valence-electron chi connectivity index (χ1n) is 7.67. The Hall–Kier alpha value is -1.35. The van der Waals surface area contributed by atoms with Crippen molar-refractivity contribution in [2.24, 2.45) is 17.6 Å². The van der Waals surface area contributed by atoms with E-state index in [0.29, 0.717) is 24.8 Å². The van der Waals surface area contributed by atoms with Crippen molar-refractivity contribution < 1.29 is 4.79 Å². The second-order valence-electron chi connectivity index (χ2n) is 6.29. The normalized spacial score (nSPS) is 18.9. The number of carbonyl (C=O) groups is 1. The highest BCUT2D eigenvalue weighted by molar-refractivity contribution is 5.77. The molecule has 2 unspecified atom stereocenters. The number of hydrogen-bond donors (Lipinski definition) is 2. The van der Waals surface area contributed by atoms with E-state index < -0.39 is 0 Å². The summed E-state index contributed by atoms with van der Waals surface area (Å²) in [6.45, 7) is 4.94. The van der Waals surface area contributed by atoms with Crippen LogP contribution in [0.15, 0.2) is 24.3 Å². The lowest BCUT2D eigenvalue weighted by Gasteiger charge is -2.19. The number of fused-ring (bicyclic) bond motifs is 1. The number of rotatable bonds is 6. The highest BCUT2D eigenvalue weighted by Gasteiger charge is 2.24. The summed E-state index contributed by atoms with van der Waals surface area (Å²) >= 11 is 0. The van der Waals surface area contributed by atoms with E-state index in [9.17, 15) is 4.79 Å². The van der Waals surface area contributed by atoms with Crippen molar-refractivity contribution in [3.63, 3.8) is 0 Å². The fraction of sp³-hybridized carbons (Fsp3) is 0.588. The van der Waals surface area contributed by atoms with Crippen LogP contribution in [0.5, 0.6) is 0 Å². The molecule has 0 aliphatic heterocycles. The Balaban J connectivity index is 1.89. The summed E-state index contributed by atoms with van der Waals surface area (Å²) in [4.78, 5) is 12.2. The summed E-state index contributed by atoms with van der Waals surface area (Å²) < 4.78 is 0. The molecule has 20 heavy (non-hydrogen) atoms. The molecule has 0 spiro atoms. The first-order valence-corrected chi connectivity index (χ1v) is 7.67. The molecule has 0 fully saturated rings. The third-order valence-corrected chi connectivity index (χ3v) is 4.08. The number of benzene rings is 1. The SMILES string of the molecule is CC(C)CC(CN)CC(=O)NC1CCc2ccccc21. The Labute approximate surface area is 121 Å². The van der Waals surface area contributed by atoms with Crippen LogP contribution < -0.4 is 11.1 Å². The molecule has 0 saturated heterocycles. The predicted molar refractivity (Wildman–Crippen MR) is 82.3 cm³/mol. The zero-order valence-electron chi connectivity index (χ0n) is 12.6. The Morgan fingerprint density at radius 1 is 1.40 bits per heavy atom. The van der Waals surface area contributed by atoms with E-state index in [1.165, 1.54) is 11.1 Å². The van der Waals surface area contributed by atoms with Crippen LogP contribution in [0.1, 0.15) is 50.3 Å². The van der Waals surface area contributed by atoms with Gasteiger partial charge in [-0.1, -0.05) is 38.1 Å². The molecule has 0 radical (unpaired) electrons. The molecule has 0 bridgehead atoms. The Morgan fingerprint density at radius 3 is 2.85 bits per heavy atom. The quantitative estimate of drug-likeness (QED) is 0.838. The molecule has 1 aliphatic rings. The maximum Gasteiger partial charge on any atom is 0.220 e. The zero-order chi connectivity index (χ0) is 14.5. The lowest BCUT2D eigenvalue weighted by atomic mass is 9.94. The highest BCUT2D eigenvalue weighted by atomic mass is 16.1. The number of hydrogen-bond acceptors (Lipinski definition) is 2. The first-order chi connectivity index (χ1) is 9.60. The van der Waals surface area contributed by atoms with Crippen LogP contribution >= 0.6 is 0 Å². The molecular weight excluding hydrogens is 248 g/mol. The van der Waals surface area contributed by atoms with Gasteiger partial charge in [0.15, 0.2) is 0 Å². The maximum absolute atomic E-state index is 12.2. The van der Waals surface area contributed by atoms with Crippen LogP contribution in [-0.2, 0) is 11.2 Å². The van der Waals surface area contributed by atoms with Gasteiger partial charge in [-0.3, -0.25) is 4.79 Å². The molecule has 1 aromatic carbocycles. The number of nitrogens with two attached hydrogens (primary N) is 1. The Morgan fingerprint density at radius 2 is 2.15 bits per heavy atom. The molecule has 110 valence electrons. The Bertz CT molecular complexity index is 456. The van der Waals surface area contributed by atoms with Gasteiger partial charge in [-0.2, -0.15) is 0 Å². The predicted octanol–water partition coefficient (Wildman–Crippen LogP) is 2.80. The van der Waals surface area contributed by atoms with Crippen LogP contribution in [0.2, 0.25) is 0 Å². The largest absolute Gasteiger partial charge is 0.349 e. The molecule has 2 rings (SSSR count). The van der Waals surface area contributed by atoms with Gasteiger partial charge in [0.05, 0.1) is 6.04 Å². The van der Waals surface area contributed by atoms with E-state index in [-0.39, 0.29) is 11.9 Å². The van der Waals surface area contributed by atoms with E-state index in [0.717, 1.165) is 19.3 Å². The van der Waals surface area contributed by atoms with E-state index in [2.05, 4.69) is 37.4 Å². The molecule has 3 N–H and O–H groups in total. The summed E-state index contributed by atoms with van der Waals surface area (Å²) in [6, 6.07) is 8.59. The summed E-state index contributed by atoms with van der Waals surface area (Å²) in [7, 11) is 0. The fourth-order valence-electron chi connectivity index (χ4n) is 3.15. The minimum Gasteiger partial charge on any atom is -0.349 e. The summed E-state index contributed by atoms with van der Waals surface area (Å²) in [5.41, 5.74) is 8.43. The summed E-state index contributed by atoms with van der Waals surface area (Å²) in [6.07, 6.45) is 3.65. The standard InChI is InChI=1S/C17H26N2O/c1-12(2)9-13(11-18)10-17(20)19-16-8-7-14-5-3-4-6-15(14)16/h3-6,12-13,16H,7-11,18H2,1-2H3,(H,19,20). The first kappa shape index (κ1) is 15.0. The topological polar surface area (TPSA) is 55.1 Å². The van der Waals surface area contributed by atoms with Crippen LogP contribution in [0.3, 0.4) is 0 Å². The lowest BCUT2D eigenvalue weighted by molar-refractivity contribution is -0.122. The minimum absolute atomic E-state index is 0.141. The van der Waals surface area contributed by atoms with E-state index in [1.807, 2.05) is 6.07 Å². The molecule has 1 amide bonds. The zero-order valence-corrected chi connectivity index (χ0v) is 12.6. The van der Waals surface area contributed by atoms with Gasteiger partial charge in [-0.15, -0.1) is 0 Å². The van der Waals surface area contributed by atoms with E-state index in [4.69, 9.17) is 5.73 Å². The second kappa shape index (κ2) is 6.89. The Kier molecular flexibility index (Phi) is 5.18. The average molecular weight is 274 g/mol. The molecule has 3 heteroatoms. The van der Waals surface area contributed by atoms with Crippen molar-refractivity contribution in [1.29, 1.82) is 0 Å². The van der Waals surface area contributed by atoms with Crippen LogP contribution in [0, 0.1) is 11.8 Å². The van der Waals surface area contributed by atoms with Crippen molar-refractivity contribution in [2.75, 3.05) is 6.54 Å². The van der Waals surface area contributed by atoms with Gasteiger partial charge in [0, 0.05) is 6.42 Å². The summed E-state index contributed by atoms with van der Waals surface area (Å²) in [5.74, 6) is 1.03. The van der Waals surface area contributed by atoms with Gasteiger partial charge in [0.2, 0.25) is 5.91 Å². The minimum atomic E-state index is 0.141. The van der Waals surface area contributed by atoms with Crippen LogP contribution in [0.4, 0.5) is 0 Å². The van der Waals surface area contributed by atoms with Gasteiger partial charge in [0.1, 0.15) is 0 Å². The van der Waals surface area contributed by atoms with Crippen molar-refractivity contribution in [1.82, 2.24) is 5.32 Å². The number of carbonyl (C=O) groups excluding carboxylic acids is 1. The third-order valence-electron chi connectivity index (χ3n) is 4.08. The van der Waals surface area contributed by atoms with E-state index >= 15 is 0 Å². The fourth-order valence-corrected chi connectivity index (χ4v) is 3.15. The maximum atomic E-state index is 12.2. The lowest BCUT2D eigenvalue weighted by Crippen LogP contribution is -2.31. The van der Waals surface area contributed by atoms with Crippen molar-refractivity contribution in [2.45, 2.75) is 45.6 Å². The number of aryl methyl sites for hydroxylation is 1. The number of nitrogens with one attached hydrogen (secondary N) is 1. The third kappa shape index (κ3) is 3.83. The monoisotopic (exact) mass is 274 g/mol. The van der Waals surface area contributed by atoms with Crippen molar-refractivity contribution in [3.8, 4) is 0 Å². The highest BCUT2D eigenvalue weighted by Crippen LogP contribution is 2.30. The van der Waals surface area contributed by atoms with Crippen LogP contribution in [-0.4, -0.2) is 12.5 Å². The van der Waals surface area contributed by atoms with Crippen LogP contribution in [0.25, 0.3) is 0 Å². The van der Waals surface area contributed by atoms with Gasteiger partial charge < -0.3 is 11.1 Å². The van der Waals surface area contributed by atoms with Gasteiger partial charge in [-0.05, 0) is 48.8 Å². The number of amides is 1. The molecule has 3 nitrogen and oxygen atoms in total. The molecular formula is C17H26N2O. The summed E-state index contributed by atoms with van der Waals surface area (Å²) in [5, 5.41) is 3.18. The molecule has 0 saturated carbocycles. The molecule has 0 aromatic heterocycles. The second-order valence-corrected chi connectivity index (χ2v) is 6.29. The molecule has 1 aromatic rings. The molecule has 2 atom stereocenters. The van der Waals surface area contributed by atoms with Gasteiger partial charge >= 0.3 is 0 Å². The van der Waals surface area contributed by atoms with Gasteiger partial charge in [-0.25, -0.2) is 0 Å². The van der Waals surface area contributed by atoms with Crippen molar-refractivity contribution >= 4 is 5.91 Å². The molecule has 0 heterocycles. The molecule has 1 aliphatic carbocycles. The smallest absolute Gasteiger partial charge is 0.220 e. The van der Waals surface area contributed by atoms with E-state index in [1.54, 1.807) is 0 Å². The van der Waals surface area contributed by atoms with Gasteiger partial charge in [0.25, 0.3) is 0 Å².